The predicted molar refractivity (Wildman–Crippen MR) is 76.1 cm³/mol. The molecule has 102 valence electrons. The Hall–Kier alpha value is -0.310. The normalized spacial score (nSPS) is 10.4. The molecule has 0 fully saturated rings. The second-order valence-corrected chi connectivity index (χ2v) is 5.61. The van der Waals surface area contributed by atoms with E-state index in [-0.39, 0.29) is 0 Å². The first-order valence-corrected chi connectivity index (χ1v) is 8.32. The standard InChI is InChI=1S/C14H28O2S/c1-2-3-4-5-6-7-8-9-10-11-12-13-14-17(15)16/h14H,2-13H2,1H3. The zero-order chi connectivity index (χ0) is 12.8. The lowest BCUT2D eigenvalue weighted by molar-refractivity contribution is 0.552. The van der Waals surface area contributed by atoms with Gasteiger partial charge in [-0.2, -0.15) is 8.42 Å². The van der Waals surface area contributed by atoms with Crippen LogP contribution in [0.25, 0.3) is 0 Å². The van der Waals surface area contributed by atoms with E-state index in [4.69, 9.17) is 0 Å². The highest BCUT2D eigenvalue weighted by molar-refractivity contribution is 7.71. The summed E-state index contributed by atoms with van der Waals surface area (Å²) in [5.41, 5.74) is 0. The first-order chi connectivity index (χ1) is 8.27. The average Bonchev–Trinajstić information content (AvgIpc) is 2.30. The summed E-state index contributed by atoms with van der Waals surface area (Å²) < 4.78 is 20.5. The second-order valence-electron chi connectivity index (χ2n) is 4.75. The van der Waals surface area contributed by atoms with E-state index < -0.39 is 10.3 Å². The lowest BCUT2D eigenvalue weighted by atomic mass is 10.1. The Kier molecular flexibility index (Phi) is 13.5. The highest BCUT2D eigenvalue weighted by Crippen LogP contribution is 2.11. The number of rotatable bonds is 12. The first kappa shape index (κ1) is 16.7. The number of hydrogen-bond donors (Lipinski definition) is 0. The minimum Gasteiger partial charge on any atom is -0.185 e. The quantitative estimate of drug-likeness (QED) is 0.386. The molecule has 0 saturated heterocycles. The van der Waals surface area contributed by atoms with Gasteiger partial charge in [0.25, 0.3) is 0 Å². The molecule has 0 aliphatic carbocycles. The van der Waals surface area contributed by atoms with E-state index in [1.54, 1.807) is 0 Å². The van der Waals surface area contributed by atoms with E-state index >= 15 is 0 Å². The Bertz CT molecular complexity index is 260. The molecule has 0 amide bonds. The molecule has 2 nitrogen and oxygen atoms in total. The molecule has 0 radical (unpaired) electrons. The lowest BCUT2D eigenvalue weighted by Gasteiger charge is -2.01. The third-order valence-electron chi connectivity index (χ3n) is 3.06. The van der Waals surface area contributed by atoms with Gasteiger partial charge in [0.05, 0.1) is 0 Å². The molecule has 0 bridgehead atoms. The molecule has 0 spiro atoms. The third-order valence-corrected chi connectivity index (χ3v) is 3.57. The van der Waals surface area contributed by atoms with Gasteiger partial charge in [0, 0.05) is 5.37 Å². The van der Waals surface area contributed by atoms with Crippen LogP contribution in [0.5, 0.6) is 0 Å². The number of hydrogen-bond acceptors (Lipinski definition) is 2. The lowest BCUT2D eigenvalue weighted by Crippen LogP contribution is -1.83. The van der Waals surface area contributed by atoms with Crippen LogP contribution in [0.2, 0.25) is 0 Å². The fourth-order valence-corrected chi connectivity index (χ4v) is 2.35. The summed E-state index contributed by atoms with van der Waals surface area (Å²) in [7, 11) is -1.96. The molecule has 0 saturated carbocycles. The highest BCUT2D eigenvalue weighted by atomic mass is 32.2. The molecule has 0 heterocycles. The first-order valence-electron chi connectivity index (χ1n) is 7.18. The fraction of sp³-hybridized carbons (Fsp3) is 0.929. The van der Waals surface area contributed by atoms with Gasteiger partial charge in [-0.05, 0) is 12.8 Å². The van der Waals surface area contributed by atoms with Crippen LogP contribution < -0.4 is 0 Å². The Labute approximate surface area is 108 Å². The van der Waals surface area contributed by atoms with Gasteiger partial charge in [-0.3, -0.25) is 0 Å². The maximum atomic E-state index is 10.2. The molecule has 0 rings (SSSR count). The van der Waals surface area contributed by atoms with E-state index in [0.717, 1.165) is 6.42 Å². The SMILES string of the molecule is CCCCCCCCCCCCCC=S(=O)=O. The highest BCUT2D eigenvalue weighted by Gasteiger charge is 1.92. The minimum atomic E-state index is -1.96. The molecular weight excluding hydrogens is 232 g/mol. The van der Waals surface area contributed by atoms with E-state index in [0.29, 0.717) is 6.42 Å². The monoisotopic (exact) mass is 260 g/mol. The summed E-state index contributed by atoms with van der Waals surface area (Å²) in [5, 5.41) is 1.37. The molecule has 0 aromatic rings. The molecule has 17 heavy (non-hydrogen) atoms. The van der Waals surface area contributed by atoms with E-state index in [9.17, 15) is 8.42 Å². The molecule has 0 unspecified atom stereocenters. The van der Waals surface area contributed by atoms with Crippen LogP contribution in [-0.4, -0.2) is 13.8 Å². The van der Waals surface area contributed by atoms with Crippen molar-refractivity contribution in [2.75, 3.05) is 0 Å². The van der Waals surface area contributed by atoms with Crippen molar-refractivity contribution < 1.29 is 8.42 Å². The molecule has 0 aliphatic heterocycles. The van der Waals surface area contributed by atoms with Crippen molar-refractivity contribution in [2.24, 2.45) is 0 Å². The second kappa shape index (κ2) is 13.8. The summed E-state index contributed by atoms with van der Waals surface area (Å²) in [6.45, 7) is 2.25. The van der Waals surface area contributed by atoms with Crippen LogP contribution in [0.1, 0.15) is 84.0 Å². The molecule has 3 heteroatoms. The van der Waals surface area contributed by atoms with Crippen molar-refractivity contribution in [3.8, 4) is 0 Å². The van der Waals surface area contributed by atoms with E-state index in [1.165, 1.54) is 69.6 Å². The van der Waals surface area contributed by atoms with Gasteiger partial charge in [0.2, 0.25) is 10.3 Å². The van der Waals surface area contributed by atoms with Crippen LogP contribution in [0, 0.1) is 0 Å². The summed E-state index contributed by atoms with van der Waals surface area (Å²) in [6, 6.07) is 0. The predicted octanol–water partition coefficient (Wildman–Crippen LogP) is 4.37. The van der Waals surface area contributed by atoms with Gasteiger partial charge in [0.1, 0.15) is 0 Å². The Balaban J connectivity index is 3.01. The Morgan fingerprint density at radius 3 is 1.53 bits per heavy atom. The van der Waals surface area contributed by atoms with E-state index in [2.05, 4.69) is 6.92 Å². The zero-order valence-corrected chi connectivity index (χ0v) is 12.1. The third kappa shape index (κ3) is 15.7. The minimum absolute atomic E-state index is 0.715. The zero-order valence-electron chi connectivity index (χ0n) is 11.3. The topological polar surface area (TPSA) is 34.1 Å². The molecule has 0 N–H and O–H groups in total. The molecular formula is C14H28O2S. The summed E-state index contributed by atoms with van der Waals surface area (Å²) >= 11 is 0. The van der Waals surface area contributed by atoms with Gasteiger partial charge in [-0.25, -0.2) is 0 Å². The van der Waals surface area contributed by atoms with Crippen LogP contribution >= 0.6 is 0 Å². The van der Waals surface area contributed by atoms with Crippen molar-refractivity contribution in [1.82, 2.24) is 0 Å². The maximum absolute atomic E-state index is 10.2. The fourth-order valence-electron chi connectivity index (χ4n) is 1.99. The van der Waals surface area contributed by atoms with Gasteiger partial charge in [-0.1, -0.05) is 71.1 Å². The van der Waals surface area contributed by atoms with Gasteiger partial charge in [-0.15, -0.1) is 0 Å². The largest absolute Gasteiger partial charge is 0.209 e. The van der Waals surface area contributed by atoms with Gasteiger partial charge < -0.3 is 0 Å². The summed E-state index contributed by atoms with van der Waals surface area (Å²) in [6.07, 6.45) is 15.1. The van der Waals surface area contributed by atoms with Gasteiger partial charge in [0.15, 0.2) is 0 Å². The smallest absolute Gasteiger partial charge is 0.185 e. The average molecular weight is 260 g/mol. The van der Waals surface area contributed by atoms with Crippen LogP contribution in [0.3, 0.4) is 0 Å². The Morgan fingerprint density at radius 2 is 1.12 bits per heavy atom. The number of unbranched alkanes of at least 4 members (excludes halogenated alkanes) is 11. The van der Waals surface area contributed by atoms with E-state index in [1.807, 2.05) is 0 Å². The van der Waals surface area contributed by atoms with Crippen molar-refractivity contribution in [1.29, 1.82) is 0 Å². The molecule has 0 aliphatic rings. The van der Waals surface area contributed by atoms with Crippen molar-refractivity contribution in [3.05, 3.63) is 0 Å². The molecule has 0 aromatic heterocycles. The van der Waals surface area contributed by atoms with Crippen molar-refractivity contribution in [3.63, 3.8) is 0 Å². The Morgan fingerprint density at radius 1 is 0.706 bits per heavy atom. The maximum Gasteiger partial charge on any atom is 0.209 e. The van der Waals surface area contributed by atoms with Crippen LogP contribution in [0.15, 0.2) is 0 Å². The summed E-state index contributed by atoms with van der Waals surface area (Å²) in [4.78, 5) is 0. The van der Waals surface area contributed by atoms with Crippen molar-refractivity contribution in [2.45, 2.75) is 84.0 Å². The van der Waals surface area contributed by atoms with Crippen LogP contribution in [0.4, 0.5) is 0 Å². The molecule has 0 atom stereocenters. The van der Waals surface area contributed by atoms with Crippen LogP contribution in [-0.2, 0) is 10.3 Å². The van der Waals surface area contributed by atoms with Gasteiger partial charge >= 0.3 is 0 Å². The molecule has 0 aromatic carbocycles. The summed E-state index contributed by atoms with van der Waals surface area (Å²) in [5.74, 6) is 0. The van der Waals surface area contributed by atoms with Crippen molar-refractivity contribution >= 4 is 15.7 Å².